The molecule has 0 bridgehead atoms. The number of anilines is 5. The molecule has 0 unspecified atom stereocenters. The Morgan fingerprint density at radius 2 is 1.68 bits per heavy atom. The zero-order valence-electron chi connectivity index (χ0n) is 20.0. The van der Waals surface area contributed by atoms with Crippen LogP contribution in [0.25, 0.3) is 11.3 Å². The van der Waals surface area contributed by atoms with Gasteiger partial charge >= 0.3 is 0 Å². The smallest absolute Gasteiger partial charge is 0.261 e. The molecule has 0 radical (unpaired) electrons. The minimum atomic E-state index is -3.77. The summed E-state index contributed by atoms with van der Waals surface area (Å²) in [6.45, 7) is 0. The van der Waals surface area contributed by atoms with E-state index in [4.69, 9.17) is 11.6 Å². The quantitative estimate of drug-likeness (QED) is 0.322. The second-order valence-corrected chi connectivity index (χ2v) is 10.8. The lowest BCUT2D eigenvalue weighted by Gasteiger charge is -2.14. The van der Waals surface area contributed by atoms with Crippen LogP contribution in [0.3, 0.4) is 0 Å². The van der Waals surface area contributed by atoms with Gasteiger partial charge in [-0.3, -0.25) is 9.52 Å². The number of amides is 1. The van der Waals surface area contributed by atoms with Crippen molar-refractivity contribution in [1.29, 1.82) is 0 Å². The predicted octanol–water partition coefficient (Wildman–Crippen LogP) is 4.90. The van der Waals surface area contributed by atoms with Crippen LogP contribution in [0.5, 0.6) is 0 Å². The number of rotatable bonds is 6. The van der Waals surface area contributed by atoms with E-state index in [2.05, 4.69) is 25.3 Å². The van der Waals surface area contributed by atoms with E-state index in [1.54, 1.807) is 48.7 Å². The Morgan fingerprint density at radius 1 is 0.973 bits per heavy atom. The summed E-state index contributed by atoms with van der Waals surface area (Å²) in [5.74, 6) is 0.134. The summed E-state index contributed by atoms with van der Waals surface area (Å²) in [5.41, 5.74) is 4.67. The fraction of sp³-hybridized carbons (Fsp3) is 0.115. The third-order valence-electron chi connectivity index (χ3n) is 5.78. The fourth-order valence-corrected chi connectivity index (χ4v) is 5.14. The van der Waals surface area contributed by atoms with Crippen LogP contribution in [0.15, 0.2) is 77.8 Å². The first-order valence-corrected chi connectivity index (χ1v) is 13.2. The summed E-state index contributed by atoms with van der Waals surface area (Å²) < 4.78 is 28.3. The van der Waals surface area contributed by atoms with Gasteiger partial charge in [0, 0.05) is 53.5 Å². The van der Waals surface area contributed by atoms with Gasteiger partial charge in [0.15, 0.2) is 0 Å². The molecular formula is C26H23ClN6O3S. The van der Waals surface area contributed by atoms with Crippen LogP contribution in [0.4, 0.5) is 28.7 Å². The molecule has 0 fully saturated rings. The maximum atomic E-state index is 12.8. The molecule has 0 aliphatic carbocycles. The SMILES string of the molecule is CN(C)c1ccc(NS(=O)(=O)c2ccc(Nc3ncc4c(n3)-c3ccc(Cl)cc3NC(=O)C4)cc2)cc1. The Morgan fingerprint density at radius 3 is 2.38 bits per heavy atom. The zero-order chi connectivity index (χ0) is 26.2. The van der Waals surface area contributed by atoms with Gasteiger partial charge < -0.3 is 15.5 Å². The molecule has 1 aromatic heterocycles. The van der Waals surface area contributed by atoms with Gasteiger partial charge in [0.1, 0.15) is 0 Å². The molecular weight excluding hydrogens is 512 g/mol. The highest BCUT2D eigenvalue weighted by molar-refractivity contribution is 7.92. The molecule has 1 aliphatic rings. The first kappa shape index (κ1) is 24.5. The molecule has 5 rings (SSSR count). The Hall–Kier alpha value is -4.15. The number of carbonyl (C=O) groups is 1. The molecule has 0 atom stereocenters. The number of hydrogen-bond acceptors (Lipinski definition) is 7. The summed E-state index contributed by atoms with van der Waals surface area (Å²) >= 11 is 6.11. The van der Waals surface area contributed by atoms with E-state index in [0.717, 1.165) is 11.3 Å². The minimum absolute atomic E-state index is 0.118. The van der Waals surface area contributed by atoms with Gasteiger partial charge in [0.25, 0.3) is 10.0 Å². The molecule has 2 heterocycles. The first-order valence-electron chi connectivity index (χ1n) is 11.3. The average Bonchev–Trinajstić information content (AvgIpc) is 2.99. The summed E-state index contributed by atoms with van der Waals surface area (Å²) in [4.78, 5) is 23.3. The standard InChI is InChI=1S/C26H23ClN6O3S/c1-33(2)20-8-4-19(5-9-20)32-37(35,36)21-10-6-18(7-11-21)29-26-28-15-16-13-24(34)30-23-14-17(27)3-12-22(23)25(16)31-26/h3-12,14-15,32H,13H2,1-2H3,(H,30,34)(H,28,29,31). The van der Waals surface area contributed by atoms with Crippen molar-refractivity contribution < 1.29 is 13.2 Å². The number of sulfonamides is 1. The summed E-state index contributed by atoms with van der Waals surface area (Å²) in [6.07, 6.45) is 1.75. The van der Waals surface area contributed by atoms with Gasteiger partial charge in [0.2, 0.25) is 11.9 Å². The maximum absolute atomic E-state index is 12.8. The fourth-order valence-electron chi connectivity index (χ4n) is 3.91. The number of carbonyl (C=O) groups excluding carboxylic acids is 1. The van der Waals surface area contributed by atoms with Crippen LogP contribution in [-0.2, 0) is 21.2 Å². The number of nitrogens with zero attached hydrogens (tertiary/aromatic N) is 3. The normalized spacial score (nSPS) is 12.6. The monoisotopic (exact) mass is 534 g/mol. The zero-order valence-corrected chi connectivity index (χ0v) is 21.6. The van der Waals surface area contributed by atoms with Crippen molar-refractivity contribution in [2.24, 2.45) is 0 Å². The van der Waals surface area contributed by atoms with Crippen LogP contribution in [0, 0.1) is 0 Å². The van der Waals surface area contributed by atoms with Gasteiger partial charge in [-0.2, -0.15) is 0 Å². The van der Waals surface area contributed by atoms with Crippen LogP contribution < -0.4 is 20.3 Å². The molecule has 9 nitrogen and oxygen atoms in total. The Kier molecular flexibility index (Phi) is 6.45. The van der Waals surface area contributed by atoms with Crippen LogP contribution in [0.1, 0.15) is 5.56 Å². The van der Waals surface area contributed by atoms with Crippen LogP contribution in [-0.4, -0.2) is 38.4 Å². The minimum Gasteiger partial charge on any atom is -0.378 e. The number of benzene rings is 3. The number of halogens is 1. The third-order valence-corrected chi connectivity index (χ3v) is 7.42. The van der Waals surface area contributed by atoms with Crippen molar-refractivity contribution in [2.45, 2.75) is 11.3 Å². The molecule has 3 N–H and O–H groups in total. The number of nitrogens with one attached hydrogen (secondary N) is 3. The molecule has 1 amide bonds. The molecule has 0 saturated heterocycles. The van der Waals surface area contributed by atoms with Crippen molar-refractivity contribution in [3.05, 3.63) is 83.5 Å². The van der Waals surface area contributed by atoms with Crippen molar-refractivity contribution in [3.8, 4) is 11.3 Å². The Labute approximate surface area is 219 Å². The van der Waals surface area contributed by atoms with Crippen molar-refractivity contribution in [1.82, 2.24) is 9.97 Å². The largest absolute Gasteiger partial charge is 0.378 e. The number of fused-ring (bicyclic) bond motifs is 3. The lowest BCUT2D eigenvalue weighted by atomic mass is 10.1. The molecule has 4 aromatic rings. The number of hydrogen-bond donors (Lipinski definition) is 3. The summed E-state index contributed by atoms with van der Waals surface area (Å²) in [7, 11) is 0.0635. The number of aromatic nitrogens is 2. The van der Waals surface area contributed by atoms with Gasteiger partial charge in [0.05, 0.1) is 22.7 Å². The predicted molar refractivity (Wildman–Crippen MR) is 146 cm³/mol. The highest BCUT2D eigenvalue weighted by Crippen LogP contribution is 2.35. The molecule has 1 aliphatic heterocycles. The molecule has 0 saturated carbocycles. The van der Waals surface area contributed by atoms with Gasteiger partial charge in [-0.25, -0.2) is 18.4 Å². The first-order chi connectivity index (χ1) is 17.7. The van der Waals surface area contributed by atoms with E-state index in [9.17, 15) is 13.2 Å². The maximum Gasteiger partial charge on any atom is 0.261 e. The molecule has 0 spiro atoms. The third kappa shape index (κ3) is 5.35. The van der Waals surface area contributed by atoms with Crippen LogP contribution in [0.2, 0.25) is 5.02 Å². The van der Waals surface area contributed by atoms with E-state index in [0.29, 0.717) is 39.3 Å². The Bertz CT molecular complexity index is 1590. The van der Waals surface area contributed by atoms with Crippen LogP contribution >= 0.6 is 11.6 Å². The van der Waals surface area contributed by atoms with Gasteiger partial charge in [-0.15, -0.1) is 0 Å². The van der Waals surface area contributed by atoms with E-state index < -0.39 is 10.0 Å². The van der Waals surface area contributed by atoms with E-state index in [1.807, 2.05) is 31.1 Å². The lowest BCUT2D eigenvalue weighted by molar-refractivity contribution is -0.115. The average molecular weight is 535 g/mol. The second-order valence-electron chi connectivity index (χ2n) is 8.68. The highest BCUT2D eigenvalue weighted by atomic mass is 35.5. The molecule has 37 heavy (non-hydrogen) atoms. The second kappa shape index (κ2) is 9.72. The van der Waals surface area contributed by atoms with E-state index >= 15 is 0 Å². The molecule has 3 aromatic carbocycles. The van der Waals surface area contributed by atoms with Crippen molar-refractivity contribution in [3.63, 3.8) is 0 Å². The molecule has 11 heteroatoms. The topological polar surface area (TPSA) is 116 Å². The van der Waals surface area contributed by atoms with E-state index in [-0.39, 0.29) is 17.2 Å². The van der Waals surface area contributed by atoms with Gasteiger partial charge in [-0.05, 0) is 66.7 Å². The Balaban J connectivity index is 1.35. The highest BCUT2D eigenvalue weighted by Gasteiger charge is 2.21. The lowest BCUT2D eigenvalue weighted by Crippen LogP contribution is -2.13. The summed E-state index contributed by atoms with van der Waals surface area (Å²) in [6, 6.07) is 18.6. The summed E-state index contributed by atoms with van der Waals surface area (Å²) in [5, 5.41) is 6.45. The van der Waals surface area contributed by atoms with Crippen molar-refractivity contribution in [2.75, 3.05) is 34.4 Å². The van der Waals surface area contributed by atoms with Gasteiger partial charge in [-0.1, -0.05) is 11.6 Å². The molecule has 188 valence electrons. The van der Waals surface area contributed by atoms with E-state index in [1.165, 1.54) is 12.1 Å². The van der Waals surface area contributed by atoms with Crippen molar-refractivity contribution >= 4 is 56.2 Å².